The Bertz CT molecular complexity index is 855. The van der Waals surface area contributed by atoms with Crippen LogP contribution in [0.4, 0.5) is 0 Å². The minimum absolute atomic E-state index is 0.171. The van der Waals surface area contributed by atoms with Crippen LogP contribution in [0.15, 0.2) is 36.1 Å². The summed E-state index contributed by atoms with van der Waals surface area (Å²) in [5.41, 5.74) is 1.64. The Morgan fingerprint density at radius 3 is 2.39 bits per heavy atom. The molecule has 0 saturated heterocycles. The van der Waals surface area contributed by atoms with Crippen LogP contribution >= 0.6 is 0 Å². The number of aliphatic carboxylic acids is 1. The number of hydrogen-bond acceptors (Lipinski definition) is 7. The van der Waals surface area contributed by atoms with E-state index in [4.69, 9.17) is 9.84 Å². The molecular formula is C23H32N2O8. The van der Waals surface area contributed by atoms with Crippen LogP contribution in [0.3, 0.4) is 0 Å². The molecule has 1 aliphatic heterocycles. The van der Waals surface area contributed by atoms with Gasteiger partial charge in [-0.1, -0.05) is 24.6 Å². The fourth-order valence-corrected chi connectivity index (χ4v) is 3.36. The van der Waals surface area contributed by atoms with Crippen molar-refractivity contribution in [2.24, 2.45) is 5.92 Å². The minimum Gasteiger partial charge on any atom is -0.480 e. The number of aryl methyl sites for hydroxylation is 1. The van der Waals surface area contributed by atoms with Gasteiger partial charge in [-0.2, -0.15) is 0 Å². The molecule has 33 heavy (non-hydrogen) atoms. The molecule has 10 nitrogen and oxygen atoms in total. The van der Waals surface area contributed by atoms with E-state index < -0.39 is 42.1 Å². The normalized spacial score (nSPS) is 21.8. The Kier molecular flexibility index (Phi) is 9.83. The van der Waals surface area contributed by atoms with E-state index in [1.807, 2.05) is 19.1 Å². The molecule has 0 aliphatic carbocycles. The average molecular weight is 465 g/mol. The smallest absolute Gasteiger partial charge is 0.370 e. The summed E-state index contributed by atoms with van der Waals surface area (Å²) >= 11 is 0. The number of nitrogens with one attached hydrogen (secondary N) is 2. The SMILES string of the molecule is Cc1ccc(C(=O)NCCCCC(=O)NC[C@@H](O)[C@@H](O)[C@@H]2OC(C(=O)O)=C[C@H](O)[C@H]2C)cc1. The summed E-state index contributed by atoms with van der Waals surface area (Å²) < 4.78 is 5.21. The van der Waals surface area contributed by atoms with Crippen molar-refractivity contribution in [1.82, 2.24) is 10.6 Å². The number of benzene rings is 1. The summed E-state index contributed by atoms with van der Waals surface area (Å²) in [5.74, 6) is -3.08. The van der Waals surface area contributed by atoms with Gasteiger partial charge in [-0.25, -0.2) is 4.79 Å². The molecule has 6 N–H and O–H groups in total. The first kappa shape index (κ1) is 26.3. The second kappa shape index (κ2) is 12.3. The maximum absolute atomic E-state index is 12.0. The van der Waals surface area contributed by atoms with E-state index in [0.717, 1.165) is 11.6 Å². The number of ether oxygens (including phenoxy) is 1. The Hall–Kier alpha value is -2.95. The van der Waals surface area contributed by atoms with Crippen LogP contribution in [0, 0.1) is 12.8 Å². The number of carbonyl (C=O) groups is 3. The molecule has 0 bridgehead atoms. The van der Waals surface area contributed by atoms with E-state index in [1.165, 1.54) is 0 Å². The molecule has 1 aromatic carbocycles. The lowest BCUT2D eigenvalue weighted by molar-refractivity contribution is -0.149. The summed E-state index contributed by atoms with van der Waals surface area (Å²) in [6.07, 6.45) is -2.94. The van der Waals surface area contributed by atoms with Crippen LogP contribution in [0.1, 0.15) is 42.1 Å². The van der Waals surface area contributed by atoms with E-state index in [2.05, 4.69) is 10.6 Å². The maximum atomic E-state index is 12.0. The number of carboxylic acid groups (broad SMARTS) is 1. The van der Waals surface area contributed by atoms with Crippen LogP contribution in [0.25, 0.3) is 0 Å². The molecule has 0 fully saturated rings. The lowest BCUT2D eigenvalue weighted by atomic mass is 9.89. The topological polar surface area (TPSA) is 165 Å². The average Bonchev–Trinajstić information content (AvgIpc) is 2.78. The molecule has 0 spiro atoms. The van der Waals surface area contributed by atoms with Crippen molar-refractivity contribution in [3.63, 3.8) is 0 Å². The van der Waals surface area contributed by atoms with Crippen LogP contribution in [0.2, 0.25) is 0 Å². The van der Waals surface area contributed by atoms with Gasteiger partial charge in [0, 0.05) is 31.0 Å². The lowest BCUT2D eigenvalue weighted by Gasteiger charge is -2.36. The monoisotopic (exact) mass is 464 g/mol. The zero-order valence-corrected chi connectivity index (χ0v) is 18.7. The van der Waals surface area contributed by atoms with Crippen molar-refractivity contribution >= 4 is 17.8 Å². The number of rotatable bonds is 11. The van der Waals surface area contributed by atoms with Crippen LogP contribution < -0.4 is 10.6 Å². The van der Waals surface area contributed by atoms with E-state index in [-0.39, 0.29) is 24.8 Å². The van der Waals surface area contributed by atoms with Crippen molar-refractivity contribution in [1.29, 1.82) is 0 Å². The molecule has 2 amide bonds. The number of carboxylic acids is 1. The fourth-order valence-electron chi connectivity index (χ4n) is 3.36. The van der Waals surface area contributed by atoms with Crippen molar-refractivity contribution < 1.29 is 39.5 Å². The number of amides is 2. The zero-order chi connectivity index (χ0) is 24.5. The predicted molar refractivity (Wildman–Crippen MR) is 118 cm³/mol. The molecule has 0 saturated carbocycles. The molecule has 10 heteroatoms. The third-order valence-electron chi connectivity index (χ3n) is 5.52. The maximum Gasteiger partial charge on any atom is 0.370 e. The summed E-state index contributed by atoms with van der Waals surface area (Å²) in [6, 6.07) is 7.21. The third kappa shape index (κ3) is 7.85. The molecule has 1 aliphatic rings. The molecular weight excluding hydrogens is 432 g/mol. The fraction of sp³-hybridized carbons (Fsp3) is 0.522. The van der Waals surface area contributed by atoms with E-state index in [1.54, 1.807) is 19.1 Å². The Balaban J connectivity index is 1.67. The molecule has 2 rings (SSSR count). The molecule has 1 heterocycles. The molecule has 0 unspecified atom stereocenters. The minimum atomic E-state index is -1.52. The quantitative estimate of drug-likeness (QED) is 0.251. The Labute approximate surface area is 192 Å². The highest BCUT2D eigenvalue weighted by molar-refractivity contribution is 5.94. The number of aliphatic hydroxyl groups excluding tert-OH is 3. The van der Waals surface area contributed by atoms with Crippen LogP contribution in [-0.4, -0.2) is 75.7 Å². The number of aliphatic hydroxyl groups is 3. The van der Waals surface area contributed by atoms with Gasteiger partial charge in [-0.15, -0.1) is 0 Å². The number of hydrogen-bond donors (Lipinski definition) is 6. The van der Waals surface area contributed by atoms with Gasteiger partial charge in [-0.05, 0) is 38.0 Å². The highest BCUT2D eigenvalue weighted by Gasteiger charge is 2.40. The summed E-state index contributed by atoms with van der Waals surface area (Å²) in [4.78, 5) is 35.1. The van der Waals surface area contributed by atoms with Crippen molar-refractivity contribution in [3.8, 4) is 0 Å². The van der Waals surface area contributed by atoms with E-state index in [9.17, 15) is 29.7 Å². The van der Waals surface area contributed by atoms with Crippen molar-refractivity contribution in [3.05, 3.63) is 47.2 Å². The predicted octanol–water partition coefficient (Wildman–Crippen LogP) is 0.0974. The molecule has 0 aromatic heterocycles. The standard InChI is InChI=1S/C23H32N2O8/c1-13-6-8-15(9-7-13)22(30)24-10-4-3-5-19(28)25-12-17(27)20(29)21-14(2)16(26)11-18(33-21)23(31)32/h6-9,11,14,16-17,20-21,26-27,29H,3-5,10,12H2,1-2H3,(H,24,30)(H,25,28)(H,31,32)/t14-,16+,17-,20-,21-/m1/s1. The van der Waals surface area contributed by atoms with Gasteiger partial charge in [0.15, 0.2) is 0 Å². The molecule has 5 atom stereocenters. The first-order valence-electron chi connectivity index (χ1n) is 10.9. The zero-order valence-electron chi connectivity index (χ0n) is 18.7. The van der Waals surface area contributed by atoms with Gasteiger partial charge in [0.05, 0.1) is 6.10 Å². The molecule has 1 aromatic rings. The summed E-state index contributed by atoms with van der Waals surface area (Å²) in [5, 5.41) is 44.9. The lowest BCUT2D eigenvalue weighted by Crippen LogP contribution is -2.51. The number of carbonyl (C=O) groups excluding carboxylic acids is 2. The molecule has 182 valence electrons. The second-order valence-corrected chi connectivity index (χ2v) is 8.21. The van der Waals surface area contributed by atoms with Crippen molar-refractivity contribution in [2.75, 3.05) is 13.1 Å². The van der Waals surface area contributed by atoms with Crippen LogP contribution in [0.5, 0.6) is 0 Å². The van der Waals surface area contributed by atoms with Crippen molar-refractivity contribution in [2.45, 2.75) is 57.5 Å². The highest BCUT2D eigenvalue weighted by Crippen LogP contribution is 2.27. The van der Waals surface area contributed by atoms with E-state index >= 15 is 0 Å². The largest absolute Gasteiger partial charge is 0.480 e. The van der Waals surface area contributed by atoms with Gasteiger partial charge in [-0.3, -0.25) is 9.59 Å². The van der Waals surface area contributed by atoms with E-state index in [0.29, 0.717) is 24.9 Å². The Morgan fingerprint density at radius 1 is 1.09 bits per heavy atom. The first-order chi connectivity index (χ1) is 15.6. The number of unbranched alkanes of at least 4 members (excludes halogenated alkanes) is 1. The van der Waals surface area contributed by atoms with Crippen LogP contribution in [-0.2, 0) is 14.3 Å². The summed E-state index contributed by atoms with van der Waals surface area (Å²) in [6.45, 7) is 3.64. The highest BCUT2D eigenvalue weighted by atomic mass is 16.5. The Morgan fingerprint density at radius 2 is 1.76 bits per heavy atom. The molecule has 0 radical (unpaired) electrons. The first-order valence-corrected chi connectivity index (χ1v) is 10.9. The van der Waals surface area contributed by atoms with Gasteiger partial charge in [0.1, 0.15) is 18.3 Å². The summed E-state index contributed by atoms with van der Waals surface area (Å²) in [7, 11) is 0. The van der Waals surface area contributed by atoms with Gasteiger partial charge in [0.25, 0.3) is 5.91 Å². The van der Waals surface area contributed by atoms with Gasteiger partial charge in [0.2, 0.25) is 11.7 Å². The second-order valence-electron chi connectivity index (χ2n) is 8.21. The third-order valence-corrected chi connectivity index (χ3v) is 5.52. The van der Waals surface area contributed by atoms with Gasteiger partial charge < -0.3 is 35.8 Å². The van der Waals surface area contributed by atoms with Gasteiger partial charge >= 0.3 is 5.97 Å².